The molecule has 1 aliphatic heterocycles. The van der Waals surface area contributed by atoms with Crippen LogP contribution >= 0.6 is 0 Å². The highest BCUT2D eigenvalue weighted by Crippen LogP contribution is 2.14. The SMILES string of the molecule is CO[Si]1(OC)OCCO[Si](OC)(OC)OCCO1. The zero-order valence-electron chi connectivity index (χ0n) is 11.1. The normalized spacial score (nSPS) is 24.7. The van der Waals surface area contributed by atoms with Gasteiger partial charge in [-0.15, -0.1) is 0 Å². The lowest BCUT2D eigenvalue weighted by molar-refractivity contribution is -0.0667. The molecule has 1 saturated heterocycles. The van der Waals surface area contributed by atoms with Gasteiger partial charge in [-0.05, 0) is 0 Å². The van der Waals surface area contributed by atoms with Crippen LogP contribution in [0.3, 0.4) is 0 Å². The molecule has 0 saturated carbocycles. The Balaban J connectivity index is 2.60. The molecule has 0 aromatic rings. The first-order valence-electron chi connectivity index (χ1n) is 5.42. The highest BCUT2D eigenvalue weighted by molar-refractivity contribution is 6.54. The van der Waals surface area contributed by atoms with Gasteiger partial charge in [0.15, 0.2) is 0 Å². The number of rotatable bonds is 4. The van der Waals surface area contributed by atoms with E-state index in [9.17, 15) is 0 Å². The third kappa shape index (κ3) is 4.06. The Morgan fingerprint density at radius 2 is 0.778 bits per heavy atom. The summed E-state index contributed by atoms with van der Waals surface area (Å²) >= 11 is 0. The topological polar surface area (TPSA) is 73.8 Å². The van der Waals surface area contributed by atoms with E-state index in [0.29, 0.717) is 0 Å². The lowest BCUT2D eigenvalue weighted by Crippen LogP contribution is -2.53. The summed E-state index contributed by atoms with van der Waals surface area (Å²) in [7, 11) is -0.206. The maximum absolute atomic E-state index is 5.49. The van der Waals surface area contributed by atoms with Crippen LogP contribution in [-0.4, -0.2) is 73.0 Å². The molecule has 1 heterocycles. The Morgan fingerprint density at radius 1 is 0.556 bits per heavy atom. The predicted molar refractivity (Wildman–Crippen MR) is 63.4 cm³/mol. The highest BCUT2D eigenvalue weighted by atomic mass is 28.4. The van der Waals surface area contributed by atoms with Crippen LogP contribution in [0.4, 0.5) is 0 Å². The van der Waals surface area contributed by atoms with Crippen molar-refractivity contribution in [3.8, 4) is 0 Å². The van der Waals surface area contributed by atoms with Gasteiger partial charge in [0.1, 0.15) is 0 Å². The van der Waals surface area contributed by atoms with Crippen LogP contribution in [0.2, 0.25) is 0 Å². The third-order valence-electron chi connectivity index (χ3n) is 2.28. The fourth-order valence-electron chi connectivity index (χ4n) is 1.39. The standard InChI is InChI=1S/C8H20O8Si2/c1-9-17(10-2)13-5-7-15-18(11-3,12-4)16-8-6-14-17/h5-8H2,1-4H3. The Kier molecular flexibility index (Phi) is 6.86. The van der Waals surface area contributed by atoms with E-state index in [1.807, 2.05) is 0 Å². The Morgan fingerprint density at radius 3 is 0.944 bits per heavy atom. The van der Waals surface area contributed by atoms with Gasteiger partial charge in [-0.3, -0.25) is 0 Å². The molecular weight excluding hydrogens is 280 g/mol. The fraction of sp³-hybridized carbons (Fsp3) is 1.00. The maximum atomic E-state index is 5.49. The molecule has 1 rings (SSSR count). The average Bonchev–Trinajstić information content (AvgIpc) is 2.44. The highest BCUT2D eigenvalue weighted by Gasteiger charge is 2.47. The smallest absolute Gasteiger partial charge is 0.355 e. The van der Waals surface area contributed by atoms with Crippen LogP contribution in [0.25, 0.3) is 0 Å². The first-order valence-corrected chi connectivity index (χ1v) is 8.69. The second kappa shape index (κ2) is 7.64. The van der Waals surface area contributed by atoms with E-state index in [1.165, 1.54) is 28.4 Å². The van der Waals surface area contributed by atoms with Gasteiger partial charge in [0.05, 0.1) is 26.4 Å². The van der Waals surface area contributed by atoms with Crippen molar-refractivity contribution in [3.63, 3.8) is 0 Å². The van der Waals surface area contributed by atoms with Gasteiger partial charge < -0.3 is 35.4 Å². The van der Waals surface area contributed by atoms with Gasteiger partial charge in [0.2, 0.25) is 0 Å². The molecule has 8 nitrogen and oxygen atoms in total. The Bertz CT molecular complexity index is 193. The molecule has 108 valence electrons. The summed E-state index contributed by atoms with van der Waals surface area (Å²) in [6.07, 6.45) is 0. The average molecular weight is 300 g/mol. The van der Waals surface area contributed by atoms with Crippen LogP contribution < -0.4 is 0 Å². The number of hydrogen-bond donors (Lipinski definition) is 0. The minimum Gasteiger partial charge on any atom is -0.355 e. The molecule has 0 N–H and O–H groups in total. The molecule has 0 aliphatic carbocycles. The van der Waals surface area contributed by atoms with E-state index in [4.69, 9.17) is 35.4 Å². The molecule has 10 heteroatoms. The van der Waals surface area contributed by atoms with Crippen molar-refractivity contribution in [1.29, 1.82) is 0 Å². The molecule has 1 aliphatic rings. The van der Waals surface area contributed by atoms with Crippen LogP contribution in [-0.2, 0) is 35.4 Å². The van der Waals surface area contributed by atoms with Crippen molar-refractivity contribution in [2.75, 3.05) is 54.9 Å². The van der Waals surface area contributed by atoms with Gasteiger partial charge in [0.25, 0.3) is 0 Å². The van der Waals surface area contributed by atoms with E-state index in [1.54, 1.807) is 0 Å². The van der Waals surface area contributed by atoms with E-state index >= 15 is 0 Å². The fourth-order valence-corrected chi connectivity index (χ4v) is 4.16. The lowest BCUT2D eigenvalue weighted by atomic mass is 10.8. The molecular formula is C8H20O8Si2. The molecule has 0 aromatic carbocycles. The van der Waals surface area contributed by atoms with Crippen LogP contribution in [0.15, 0.2) is 0 Å². The third-order valence-corrected chi connectivity index (χ3v) is 6.51. The minimum atomic E-state index is -3.06. The second-order valence-electron chi connectivity index (χ2n) is 3.21. The van der Waals surface area contributed by atoms with Gasteiger partial charge in [-0.25, -0.2) is 0 Å². The van der Waals surface area contributed by atoms with Crippen molar-refractivity contribution < 1.29 is 35.4 Å². The zero-order valence-corrected chi connectivity index (χ0v) is 13.1. The van der Waals surface area contributed by atoms with E-state index in [-0.39, 0.29) is 26.4 Å². The van der Waals surface area contributed by atoms with Crippen LogP contribution in [0.5, 0.6) is 0 Å². The first-order chi connectivity index (χ1) is 8.66. The van der Waals surface area contributed by atoms with Crippen molar-refractivity contribution in [1.82, 2.24) is 0 Å². The van der Waals surface area contributed by atoms with Gasteiger partial charge in [0, 0.05) is 28.4 Å². The monoisotopic (exact) mass is 300 g/mol. The molecule has 0 unspecified atom stereocenters. The molecule has 0 aromatic heterocycles. The van der Waals surface area contributed by atoms with Crippen LogP contribution in [0.1, 0.15) is 0 Å². The molecule has 18 heavy (non-hydrogen) atoms. The molecule has 0 amide bonds. The molecule has 0 radical (unpaired) electrons. The van der Waals surface area contributed by atoms with Crippen molar-refractivity contribution >= 4 is 18.1 Å². The molecule has 0 bridgehead atoms. The Hall–Kier alpha value is 0.114. The van der Waals surface area contributed by atoms with E-state index in [0.717, 1.165) is 0 Å². The molecule has 0 spiro atoms. The summed E-state index contributed by atoms with van der Waals surface area (Å²) in [6.45, 7) is 0.939. The minimum absolute atomic E-state index is 0.235. The second-order valence-corrected chi connectivity index (χ2v) is 8.00. The summed E-state index contributed by atoms with van der Waals surface area (Å²) in [5.74, 6) is 0. The number of hydrogen-bond acceptors (Lipinski definition) is 8. The summed E-state index contributed by atoms with van der Waals surface area (Å²) < 4.78 is 42.7. The zero-order chi connectivity index (χ0) is 13.5. The largest absolute Gasteiger partial charge is 0.679 e. The van der Waals surface area contributed by atoms with E-state index in [2.05, 4.69) is 0 Å². The van der Waals surface area contributed by atoms with Crippen LogP contribution in [0, 0.1) is 0 Å². The quantitative estimate of drug-likeness (QED) is 0.645. The maximum Gasteiger partial charge on any atom is 0.679 e. The van der Waals surface area contributed by atoms with Gasteiger partial charge in [-0.2, -0.15) is 0 Å². The summed E-state index contributed by atoms with van der Waals surface area (Å²) in [5, 5.41) is 0. The van der Waals surface area contributed by atoms with Gasteiger partial charge >= 0.3 is 18.1 Å². The molecule has 0 atom stereocenters. The van der Waals surface area contributed by atoms with Crippen molar-refractivity contribution in [2.45, 2.75) is 0 Å². The lowest BCUT2D eigenvalue weighted by Gasteiger charge is -2.29. The summed E-state index contributed by atoms with van der Waals surface area (Å²) in [5.41, 5.74) is 0. The summed E-state index contributed by atoms with van der Waals surface area (Å²) in [6, 6.07) is 0. The Labute approximate surface area is 109 Å². The van der Waals surface area contributed by atoms with E-state index < -0.39 is 18.1 Å². The van der Waals surface area contributed by atoms with Crippen molar-refractivity contribution in [3.05, 3.63) is 0 Å². The molecule has 1 fully saturated rings. The van der Waals surface area contributed by atoms with Gasteiger partial charge in [-0.1, -0.05) is 0 Å². The van der Waals surface area contributed by atoms with Crippen molar-refractivity contribution in [2.24, 2.45) is 0 Å². The first kappa shape index (κ1) is 16.2. The summed E-state index contributed by atoms with van der Waals surface area (Å²) in [4.78, 5) is 0. The predicted octanol–water partition coefficient (Wildman–Crippen LogP) is -0.477.